The zero-order chi connectivity index (χ0) is 68.6. The van der Waals surface area contributed by atoms with Gasteiger partial charge in [0.05, 0.1) is 46.6 Å². The van der Waals surface area contributed by atoms with Crippen LogP contribution in [0.2, 0.25) is 0 Å². The Balaban J connectivity index is 0.734. The summed E-state index contributed by atoms with van der Waals surface area (Å²) in [5, 5.41) is 87.5. The van der Waals surface area contributed by atoms with E-state index in [9.17, 15) is 9.59 Å². The topological polar surface area (TPSA) is 104 Å². The van der Waals surface area contributed by atoms with E-state index in [0.717, 1.165) is 74.5 Å². The molecule has 8 heteroatoms. The van der Waals surface area contributed by atoms with E-state index < -0.39 is 10.8 Å². The molecule has 0 saturated carbocycles. The number of H-pyrrole nitrogens is 2. The molecule has 29 aromatic carbocycles. The van der Waals surface area contributed by atoms with Gasteiger partial charge in [-0.05, 0) is 398 Å². The number of likely N-dealkylation sites (tertiary alicyclic amines) is 1. The molecule has 40 rings (SSSR count). The number of Topliss-reactive ketones (excluding diaryl/α,β-unsaturated/α-hetero) is 1. The average Bonchev–Trinajstić information content (AvgIpc) is 1.38. The smallest absolute Gasteiger partial charge is 0.305 e. The highest BCUT2D eigenvalue weighted by atomic mass is 16.5. The van der Waals surface area contributed by atoms with Gasteiger partial charge >= 0.3 is 5.97 Å². The number of hydrogen-bond acceptors (Lipinski definition) is 6. The van der Waals surface area contributed by atoms with Crippen LogP contribution in [0.4, 0.5) is 0 Å². The van der Waals surface area contributed by atoms with Crippen LogP contribution in [0, 0.1) is 13.8 Å². The maximum atomic E-state index is 14.5. The highest BCUT2D eigenvalue weighted by molar-refractivity contribution is 6.82. The number of aromatic amines is 2. The summed E-state index contributed by atoms with van der Waals surface area (Å²) in [5.74, 6) is -0.281. The Hall–Kier alpha value is -12.4. The number of ether oxygens (including phenoxy) is 1. The lowest BCUT2D eigenvalue weighted by atomic mass is 9.47. The molecule has 8 aliphatic rings. The van der Waals surface area contributed by atoms with E-state index in [1.165, 1.54) is 34.9 Å². The number of rotatable bonds is 7. The number of benzene rings is 19. The lowest BCUT2D eigenvalue weighted by Crippen LogP contribution is -2.51. The fraction of sp³-hybridized carbons (Fsp3) is 0.168. The van der Waals surface area contributed by atoms with Gasteiger partial charge in [-0.25, -0.2) is 4.98 Å². The Labute approximate surface area is 607 Å². The van der Waals surface area contributed by atoms with Gasteiger partial charge in [-0.2, -0.15) is 0 Å². The predicted octanol–water partition coefficient (Wildman–Crippen LogP) is 24.7. The molecule has 1 unspecified atom stereocenters. The third-order valence-corrected chi connectivity index (χ3v) is 35.4. The fourth-order valence-corrected chi connectivity index (χ4v) is 33.1. The molecule has 2 N–H and O–H groups in total. The molecule has 32 aromatic rings. The molecule has 3 aliphatic heterocycles. The van der Waals surface area contributed by atoms with Crippen LogP contribution in [0.3, 0.4) is 0 Å². The number of esters is 1. The van der Waals surface area contributed by atoms with Crippen LogP contribution in [0.5, 0.6) is 0 Å². The number of nitrogens with one attached hydrogen (secondary N) is 2. The monoisotopic (exact) mass is 1370 g/mol. The molecule has 3 atom stereocenters. The number of nitrogens with zero attached hydrogens (tertiary/aromatic N) is 3. The number of allylic oxidation sites excluding steroid dienone is 2. The van der Waals surface area contributed by atoms with Crippen LogP contribution in [0.15, 0.2) is 48.5 Å². The Kier molecular flexibility index (Phi) is 5.73. The standard InChI is InChI=1S/C101H43N5O3/c1-7-26-21(2)31-17-35-29(23(4)30(103-35)16-32-22(3)27(13-14-37(108)109-6)97(104-32)28-15-36(107)38-24(5)33(105-98(28)38)18-34(26)102-31)19-106-20-100-93-85-77-67-57-49-41-39-40-43-47-45(41)53-61-55(47)65-59-51(43)52-44(40)48-46-42(39)50(49)58-64-54(46)62-56(48)66-60(52)70-69(59)81-75(65)83-73(61)79(71(77)63(53)57)87(93)89(83)95-91(81)92-82(70)76(66)84-74(62)80-72(64)78(68(58)67)86(85)94(100)88(80)90(84)96(92)101(95,100)99(106)25-11-9-8-10-12-25/h8-12,16-18,22,27,99,103,105H,7,13-15,19-20H2,1-6H3/t22-,27-,99?,100?,101?/m0/s1. The second-order valence-corrected chi connectivity index (χ2v) is 37.4. The Morgan fingerprint density at radius 1 is 0.486 bits per heavy atom. The molecule has 109 heavy (non-hydrogen) atoms. The summed E-state index contributed by atoms with van der Waals surface area (Å²) in [7, 11) is 1.48. The van der Waals surface area contributed by atoms with Crippen molar-refractivity contribution in [1.82, 2.24) is 24.8 Å². The Bertz CT molecular complexity index is 9910. The van der Waals surface area contributed by atoms with E-state index in [2.05, 4.69) is 98.0 Å². The molecular formula is C101H43N5O3. The van der Waals surface area contributed by atoms with Crippen molar-refractivity contribution in [3.63, 3.8) is 0 Å². The number of carbonyl (C=O) groups excluding carboxylic acids is 2. The van der Waals surface area contributed by atoms with Gasteiger partial charge < -0.3 is 14.7 Å². The first kappa shape index (κ1) is 48.8. The first-order chi connectivity index (χ1) is 53.6. The summed E-state index contributed by atoms with van der Waals surface area (Å²) in [6, 6.07) is 19.1. The number of carbonyl (C=O) groups is 2. The minimum Gasteiger partial charge on any atom is -0.469 e. The van der Waals surface area contributed by atoms with Crippen molar-refractivity contribution >= 4 is 336 Å². The number of hydrogen-bond donors (Lipinski definition) is 2. The first-order valence-corrected chi connectivity index (χ1v) is 40.3. The number of methoxy groups -OCH3 is 1. The molecule has 1 fully saturated rings. The summed E-state index contributed by atoms with van der Waals surface area (Å²) in [5.41, 5.74) is 22.4. The molecule has 0 radical (unpaired) electrons. The summed E-state index contributed by atoms with van der Waals surface area (Å²) < 4.78 is 5.34. The molecule has 8 nitrogen and oxygen atoms in total. The molecule has 0 amide bonds. The highest BCUT2D eigenvalue weighted by Gasteiger charge is 2.76. The Morgan fingerprint density at radius 3 is 1.29 bits per heavy atom. The second kappa shape index (κ2) is 12.8. The van der Waals surface area contributed by atoms with Gasteiger partial charge in [-0.15, -0.1) is 0 Å². The van der Waals surface area contributed by atoms with Crippen molar-refractivity contribution < 1.29 is 14.3 Å². The lowest BCUT2D eigenvalue weighted by Gasteiger charge is -2.52. The number of ketones is 1. The van der Waals surface area contributed by atoms with Crippen LogP contribution < -0.4 is 0 Å². The van der Waals surface area contributed by atoms with E-state index >= 15 is 0 Å². The van der Waals surface area contributed by atoms with Crippen molar-refractivity contribution in [2.24, 2.45) is 0 Å². The normalized spacial score (nSPS) is 22.1. The SMILES string of the molecule is CCC1=C(C)c2cc3[nH]c(cc4nc(c5c6[nH]c(cc1n2)c(C)c6C(=O)C5)[C@@H](CCC(=O)OC)[C@@H]4C)c(C)c3CN1CC23c4c5c6c7c8c9c(c%10c%11c2c2c4c4c%12c5c5c6c6c8c8c%13c9c9c%10c%10c%11c%11c2c2c4c4c%12c%12c5c5c6c8c6c8c%13c9c9c%10c%10c%11c2c2c4c4c%12c5c6c5c8c9c%10c2c45)C73C1c1ccccc1. The van der Waals surface area contributed by atoms with Crippen LogP contribution in [0.25, 0.3) is 324 Å². The van der Waals surface area contributed by atoms with Crippen molar-refractivity contribution in [3.8, 4) is 0 Å². The minimum atomic E-state index is -0.562. The second-order valence-electron chi connectivity index (χ2n) is 37.4. The average molecular weight is 1370 g/mol. The molecule has 5 aliphatic carbocycles. The molecule has 2 spiro atoms. The summed E-state index contributed by atoms with van der Waals surface area (Å²) in [6.45, 7) is 12.9. The predicted molar refractivity (Wildman–Crippen MR) is 447 cm³/mol. The van der Waals surface area contributed by atoms with Crippen LogP contribution in [-0.2, 0) is 33.3 Å². The van der Waals surface area contributed by atoms with Crippen molar-refractivity contribution in [2.75, 3.05) is 13.7 Å². The number of aromatic nitrogens is 4. The van der Waals surface area contributed by atoms with Crippen molar-refractivity contribution in [3.05, 3.63) is 127 Å². The zero-order valence-electron chi connectivity index (χ0n) is 59.2. The summed E-state index contributed by atoms with van der Waals surface area (Å²) in [4.78, 5) is 50.4. The van der Waals surface area contributed by atoms with Crippen molar-refractivity contribution in [1.29, 1.82) is 0 Å². The van der Waals surface area contributed by atoms with E-state index in [4.69, 9.17) is 14.7 Å². The van der Waals surface area contributed by atoms with Gasteiger partial charge in [0.2, 0.25) is 0 Å². The van der Waals surface area contributed by atoms with Gasteiger partial charge in [0.15, 0.2) is 5.78 Å². The molecule has 1 saturated heterocycles. The van der Waals surface area contributed by atoms with Gasteiger partial charge in [0.1, 0.15) is 0 Å². The van der Waals surface area contributed by atoms with E-state index in [0.29, 0.717) is 13.0 Å². The first-order valence-electron chi connectivity index (χ1n) is 40.3. The van der Waals surface area contributed by atoms with Gasteiger partial charge in [-0.3, -0.25) is 19.5 Å². The molecular weight excluding hydrogens is 1330 g/mol. The van der Waals surface area contributed by atoms with E-state index in [1.807, 2.05) is 0 Å². The van der Waals surface area contributed by atoms with E-state index in [-0.39, 0.29) is 42.5 Å². The lowest BCUT2D eigenvalue weighted by molar-refractivity contribution is -0.140. The quantitative estimate of drug-likeness (QED) is 0.122. The highest BCUT2D eigenvalue weighted by Crippen LogP contribution is 2.87. The van der Waals surface area contributed by atoms with Crippen LogP contribution in [0.1, 0.15) is 141 Å². The maximum absolute atomic E-state index is 14.5. The van der Waals surface area contributed by atoms with Crippen molar-refractivity contribution in [2.45, 2.75) is 95.6 Å². The number of fused-ring (bicyclic) bond motifs is 8. The molecule has 3 aromatic heterocycles. The summed E-state index contributed by atoms with van der Waals surface area (Å²) >= 11 is 0. The molecule has 8 bridgehead atoms. The van der Waals surface area contributed by atoms with Crippen LogP contribution in [-0.4, -0.2) is 50.2 Å². The third-order valence-electron chi connectivity index (χ3n) is 35.4. The maximum Gasteiger partial charge on any atom is 0.305 e. The van der Waals surface area contributed by atoms with Gasteiger partial charge in [0.25, 0.3) is 0 Å². The summed E-state index contributed by atoms with van der Waals surface area (Å²) in [6.07, 6.45) is 1.91. The fourth-order valence-electron chi connectivity index (χ4n) is 33.1. The van der Waals surface area contributed by atoms with Gasteiger partial charge in [0, 0.05) is 71.1 Å². The Morgan fingerprint density at radius 2 is 0.881 bits per heavy atom. The van der Waals surface area contributed by atoms with E-state index in [1.54, 1.807) is 313 Å². The minimum absolute atomic E-state index is 0.0504. The zero-order valence-corrected chi connectivity index (χ0v) is 59.2. The largest absolute Gasteiger partial charge is 0.469 e. The molecule has 490 valence electrons. The molecule has 6 heterocycles. The van der Waals surface area contributed by atoms with Crippen LogP contribution >= 0.6 is 0 Å². The third kappa shape index (κ3) is 3.46. The number of aryl methyl sites for hydroxylation is 2. The van der Waals surface area contributed by atoms with Gasteiger partial charge in [-0.1, -0.05) is 44.2 Å².